The molecule has 4 amide bonds. The second kappa shape index (κ2) is 14.6. The third-order valence-electron chi connectivity index (χ3n) is 6.09. The molecule has 0 fully saturated rings. The van der Waals surface area contributed by atoms with Crippen LogP contribution in [0.5, 0.6) is 0 Å². The molecule has 5 unspecified atom stereocenters. The summed E-state index contributed by atoms with van der Waals surface area (Å²) in [6, 6.07) is 1.58. The first-order valence-electron chi connectivity index (χ1n) is 12.4. The fourth-order valence-electron chi connectivity index (χ4n) is 3.91. The van der Waals surface area contributed by atoms with Crippen LogP contribution in [-0.2, 0) is 35.2 Å². The summed E-state index contributed by atoms with van der Waals surface area (Å²) in [5, 5.41) is 36.1. The van der Waals surface area contributed by atoms with Crippen LogP contribution in [-0.4, -0.2) is 86.1 Å². The topological polar surface area (TPSA) is 267 Å². The number of H-pyrrole nitrogens is 1. The molecular formula is C25H34N6O9. The molecule has 40 heavy (non-hydrogen) atoms. The van der Waals surface area contributed by atoms with Gasteiger partial charge in [0.25, 0.3) is 0 Å². The third-order valence-corrected chi connectivity index (χ3v) is 6.09. The number of amides is 4. The number of aliphatic hydroxyl groups excluding tert-OH is 1. The average molecular weight is 563 g/mol. The van der Waals surface area contributed by atoms with Crippen molar-refractivity contribution in [3.63, 3.8) is 0 Å². The summed E-state index contributed by atoms with van der Waals surface area (Å²) in [6.07, 6.45) is -1.27. The zero-order chi connectivity index (χ0) is 30.0. The van der Waals surface area contributed by atoms with Crippen LogP contribution in [0.1, 0.15) is 38.2 Å². The maximum absolute atomic E-state index is 13.0. The Hall–Kier alpha value is -4.50. The molecule has 0 aliphatic rings. The summed E-state index contributed by atoms with van der Waals surface area (Å²) < 4.78 is 0. The summed E-state index contributed by atoms with van der Waals surface area (Å²) in [4.78, 5) is 75.3. The van der Waals surface area contributed by atoms with Crippen molar-refractivity contribution in [2.24, 2.45) is 11.5 Å². The second-order valence-electron chi connectivity index (χ2n) is 9.29. The van der Waals surface area contributed by atoms with Crippen LogP contribution < -0.4 is 27.4 Å². The Morgan fingerprint density at radius 1 is 0.900 bits per heavy atom. The average Bonchev–Trinajstić information content (AvgIpc) is 3.29. The Kier molecular flexibility index (Phi) is 11.6. The number of hydrogen-bond donors (Lipinski definition) is 9. The fraction of sp³-hybridized carbons (Fsp3) is 0.440. The lowest BCUT2D eigenvalue weighted by Crippen LogP contribution is -2.60. The van der Waals surface area contributed by atoms with Gasteiger partial charge in [-0.05, 0) is 37.8 Å². The van der Waals surface area contributed by atoms with Crippen molar-refractivity contribution < 1.29 is 44.1 Å². The van der Waals surface area contributed by atoms with E-state index in [2.05, 4.69) is 20.9 Å². The Bertz CT molecular complexity index is 1240. The number of rotatable bonds is 16. The van der Waals surface area contributed by atoms with Gasteiger partial charge in [-0.25, -0.2) is 4.79 Å². The van der Waals surface area contributed by atoms with Crippen LogP contribution in [0.4, 0.5) is 0 Å². The predicted octanol–water partition coefficient (Wildman–Crippen LogP) is -1.91. The molecule has 1 heterocycles. The number of carboxylic acid groups (broad SMARTS) is 2. The molecule has 1 aromatic heterocycles. The molecule has 11 N–H and O–H groups in total. The maximum atomic E-state index is 13.0. The van der Waals surface area contributed by atoms with Crippen molar-refractivity contribution in [1.82, 2.24) is 20.9 Å². The van der Waals surface area contributed by atoms with Crippen molar-refractivity contribution >= 4 is 46.5 Å². The van der Waals surface area contributed by atoms with Gasteiger partial charge in [-0.15, -0.1) is 0 Å². The van der Waals surface area contributed by atoms with Crippen molar-refractivity contribution in [2.75, 3.05) is 0 Å². The quantitative estimate of drug-likeness (QED) is 0.109. The number of nitrogens with one attached hydrogen (secondary N) is 4. The third kappa shape index (κ3) is 9.36. The monoisotopic (exact) mass is 562 g/mol. The van der Waals surface area contributed by atoms with Crippen molar-refractivity contribution in [3.8, 4) is 0 Å². The highest BCUT2D eigenvalue weighted by atomic mass is 16.4. The number of fused-ring (bicyclic) bond motifs is 1. The number of nitrogens with two attached hydrogens (primary N) is 2. The molecule has 15 heteroatoms. The number of aromatic amines is 1. The minimum Gasteiger partial charge on any atom is -0.481 e. The van der Waals surface area contributed by atoms with Gasteiger partial charge in [0.1, 0.15) is 18.1 Å². The zero-order valence-corrected chi connectivity index (χ0v) is 21.8. The van der Waals surface area contributed by atoms with Crippen LogP contribution >= 0.6 is 0 Å². The Morgan fingerprint density at radius 3 is 2.12 bits per heavy atom. The van der Waals surface area contributed by atoms with Crippen LogP contribution in [0, 0.1) is 0 Å². The van der Waals surface area contributed by atoms with E-state index in [1.54, 1.807) is 6.20 Å². The minimum absolute atomic E-state index is 0.101. The lowest BCUT2D eigenvalue weighted by Gasteiger charge is -2.26. The number of aliphatic carboxylic acids is 2. The second-order valence-corrected chi connectivity index (χ2v) is 9.29. The van der Waals surface area contributed by atoms with E-state index in [1.807, 2.05) is 24.3 Å². The van der Waals surface area contributed by atoms with Crippen molar-refractivity contribution in [1.29, 1.82) is 0 Å². The van der Waals surface area contributed by atoms with Gasteiger partial charge in [-0.1, -0.05) is 18.2 Å². The van der Waals surface area contributed by atoms with Gasteiger partial charge in [-0.3, -0.25) is 24.0 Å². The fourth-order valence-corrected chi connectivity index (χ4v) is 3.91. The number of aliphatic hydroxyl groups is 1. The summed E-state index contributed by atoms with van der Waals surface area (Å²) >= 11 is 0. The summed E-state index contributed by atoms with van der Waals surface area (Å²) in [5.41, 5.74) is 12.7. The number of aromatic nitrogens is 1. The SMILES string of the molecule is CC(O)C(NC(=O)C(CCC(=O)O)NC(=O)C(N)Cc1c[nH]c2ccccc12)C(=O)NC(CCC(N)=O)C(=O)O. The highest BCUT2D eigenvalue weighted by Gasteiger charge is 2.33. The molecule has 15 nitrogen and oxygen atoms in total. The molecule has 0 aliphatic heterocycles. The number of hydrogen-bond acceptors (Lipinski definition) is 8. The van der Waals surface area contributed by atoms with E-state index in [0.29, 0.717) is 0 Å². The molecule has 0 bridgehead atoms. The molecule has 0 spiro atoms. The van der Waals surface area contributed by atoms with Gasteiger partial charge >= 0.3 is 11.9 Å². The Labute approximate surface area is 228 Å². The summed E-state index contributed by atoms with van der Waals surface area (Å²) in [7, 11) is 0. The normalized spacial score (nSPS) is 14.8. The highest BCUT2D eigenvalue weighted by Crippen LogP contribution is 2.19. The standard InChI is InChI=1S/C25H34N6O9/c1-12(32)21(24(38)30-18(25(39)40)6-8-19(27)33)31-23(37)17(7-9-20(34)35)29-22(36)15(26)10-13-11-28-16-5-3-2-4-14(13)16/h2-5,11-12,15,17-18,21,28,32H,6-10,26H2,1H3,(H2,27,33)(H,29,36)(H,30,38)(H,31,37)(H,34,35)(H,39,40). The smallest absolute Gasteiger partial charge is 0.326 e. The first kappa shape index (κ1) is 31.7. The molecule has 1 aromatic carbocycles. The highest BCUT2D eigenvalue weighted by molar-refractivity contribution is 5.95. The lowest BCUT2D eigenvalue weighted by atomic mass is 10.0. The molecule has 0 saturated heterocycles. The van der Waals surface area contributed by atoms with Gasteiger partial charge in [0.05, 0.1) is 12.1 Å². The van der Waals surface area contributed by atoms with Crippen LogP contribution in [0.25, 0.3) is 10.9 Å². The molecule has 2 aromatic rings. The van der Waals surface area contributed by atoms with E-state index in [0.717, 1.165) is 23.4 Å². The lowest BCUT2D eigenvalue weighted by molar-refractivity contribution is -0.143. The number of primary amides is 1. The van der Waals surface area contributed by atoms with Crippen LogP contribution in [0.15, 0.2) is 30.5 Å². The van der Waals surface area contributed by atoms with E-state index in [4.69, 9.17) is 16.6 Å². The van der Waals surface area contributed by atoms with E-state index in [9.17, 15) is 39.0 Å². The van der Waals surface area contributed by atoms with Crippen molar-refractivity contribution in [3.05, 3.63) is 36.0 Å². The molecule has 218 valence electrons. The molecule has 0 radical (unpaired) electrons. The van der Waals surface area contributed by atoms with Gasteiger partial charge in [0.15, 0.2) is 0 Å². The van der Waals surface area contributed by atoms with Gasteiger partial charge in [0, 0.05) is 29.9 Å². The maximum Gasteiger partial charge on any atom is 0.326 e. The molecule has 0 saturated carbocycles. The van der Waals surface area contributed by atoms with E-state index in [1.165, 1.54) is 0 Å². The first-order valence-corrected chi connectivity index (χ1v) is 12.4. The number of para-hydroxylation sites is 1. The number of carboxylic acids is 2. The van der Waals surface area contributed by atoms with Gasteiger partial charge in [-0.2, -0.15) is 0 Å². The van der Waals surface area contributed by atoms with Crippen LogP contribution in [0.2, 0.25) is 0 Å². The van der Waals surface area contributed by atoms with Crippen molar-refractivity contribution in [2.45, 2.75) is 69.3 Å². The van der Waals surface area contributed by atoms with Gasteiger partial charge in [0.2, 0.25) is 23.6 Å². The summed E-state index contributed by atoms with van der Waals surface area (Å²) in [6.45, 7) is 1.16. The summed E-state index contributed by atoms with van der Waals surface area (Å²) in [5.74, 6) is -6.36. The number of carbonyl (C=O) groups is 6. The predicted molar refractivity (Wildman–Crippen MR) is 140 cm³/mol. The van der Waals surface area contributed by atoms with E-state index >= 15 is 0 Å². The van der Waals surface area contributed by atoms with E-state index < -0.39 is 72.3 Å². The number of benzene rings is 1. The largest absolute Gasteiger partial charge is 0.481 e. The molecule has 5 atom stereocenters. The molecule has 2 rings (SSSR count). The number of carbonyl (C=O) groups excluding carboxylic acids is 4. The van der Waals surface area contributed by atoms with Crippen LogP contribution in [0.3, 0.4) is 0 Å². The first-order chi connectivity index (χ1) is 18.8. The molecular weight excluding hydrogens is 528 g/mol. The Morgan fingerprint density at radius 2 is 1.52 bits per heavy atom. The van der Waals surface area contributed by atoms with Gasteiger partial charge < -0.3 is 47.7 Å². The zero-order valence-electron chi connectivity index (χ0n) is 21.8. The molecule has 0 aliphatic carbocycles. The Balaban J connectivity index is 2.13. The minimum atomic E-state index is -1.67. The van der Waals surface area contributed by atoms with E-state index in [-0.39, 0.29) is 25.7 Å².